The molecule has 0 saturated heterocycles. The molecule has 1 N–H and O–H groups in total. The highest BCUT2D eigenvalue weighted by molar-refractivity contribution is 5.21. The van der Waals surface area contributed by atoms with Gasteiger partial charge in [-0.2, -0.15) is 5.10 Å². The maximum atomic E-state index is 5.67. The van der Waals surface area contributed by atoms with Crippen LogP contribution in [0.15, 0.2) is 28.8 Å². The van der Waals surface area contributed by atoms with Crippen LogP contribution in [0.2, 0.25) is 0 Å². The minimum atomic E-state index is 0.0752. The molecule has 2 heterocycles. The van der Waals surface area contributed by atoms with Gasteiger partial charge >= 0.3 is 0 Å². The zero-order valence-electron chi connectivity index (χ0n) is 9.90. The number of aryl methyl sites for hydroxylation is 2. The fourth-order valence-corrected chi connectivity index (χ4v) is 1.83. The summed E-state index contributed by atoms with van der Waals surface area (Å²) in [7, 11) is 1.94. The van der Waals surface area contributed by atoms with Crippen LogP contribution in [0.5, 0.6) is 0 Å². The highest BCUT2D eigenvalue weighted by Crippen LogP contribution is 2.23. The smallest absolute Gasteiger partial charge is 0.127 e. The first-order chi connectivity index (χ1) is 7.72. The first-order valence-corrected chi connectivity index (χ1v) is 5.50. The molecule has 0 aliphatic carbocycles. The zero-order valence-corrected chi connectivity index (χ0v) is 9.90. The summed E-state index contributed by atoms with van der Waals surface area (Å²) >= 11 is 0. The van der Waals surface area contributed by atoms with Crippen molar-refractivity contribution < 1.29 is 4.42 Å². The standard InChI is InChI=1S/C12H17N3O/c1-4-13-12(10-7-8-14-15(10)3)11-6-5-9(2)16-11/h5-8,12-13H,4H2,1-3H3. The van der Waals surface area contributed by atoms with E-state index in [0.717, 1.165) is 23.8 Å². The molecule has 1 unspecified atom stereocenters. The Kier molecular flexibility index (Phi) is 3.10. The molecule has 4 heteroatoms. The van der Waals surface area contributed by atoms with Gasteiger partial charge in [-0.05, 0) is 31.7 Å². The number of hydrogen-bond donors (Lipinski definition) is 1. The maximum Gasteiger partial charge on any atom is 0.127 e. The Hall–Kier alpha value is -1.55. The van der Waals surface area contributed by atoms with Crippen LogP contribution in [-0.4, -0.2) is 16.3 Å². The molecule has 0 radical (unpaired) electrons. The summed E-state index contributed by atoms with van der Waals surface area (Å²) in [5.74, 6) is 1.86. The summed E-state index contributed by atoms with van der Waals surface area (Å²) in [4.78, 5) is 0. The monoisotopic (exact) mass is 219 g/mol. The quantitative estimate of drug-likeness (QED) is 0.855. The number of nitrogens with zero attached hydrogens (tertiary/aromatic N) is 2. The molecular formula is C12H17N3O. The van der Waals surface area contributed by atoms with Crippen LogP contribution in [0.3, 0.4) is 0 Å². The summed E-state index contributed by atoms with van der Waals surface area (Å²) in [6, 6.07) is 6.07. The van der Waals surface area contributed by atoms with Crippen molar-refractivity contribution in [2.24, 2.45) is 7.05 Å². The van der Waals surface area contributed by atoms with Crippen LogP contribution < -0.4 is 5.32 Å². The van der Waals surface area contributed by atoms with E-state index >= 15 is 0 Å². The van der Waals surface area contributed by atoms with Gasteiger partial charge in [-0.25, -0.2) is 0 Å². The molecule has 2 rings (SSSR count). The molecule has 0 fully saturated rings. The molecule has 0 amide bonds. The predicted octanol–water partition coefficient (Wildman–Crippen LogP) is 2.02. The number of hydrogen-bond acceptors (Lipinski definition) is 3. The van der Waals surface area contributed by atoms with Crippen LogP contribution in [0.1, 0.15) is 30.2 Å². The summed E-state index contributed by atoms with van der Waals surface area (Å²) in [5, 5.41) is 7.59. The first kappa shape index (κ1) is 11.0. The molecule has 0 aromatic carbocycles. The van der Waals surface area contributed by atoms with Crippen molar-refractivity contribution in [2.45, 2.75) is 19.9 Å². The van der Waals surface area contributed by atoms with Crippen LogP contribution in [-0.2, 0) is 7.05 Å². The summed E-state index contributed by atoms with van der Waals surface area (Å²) < 4.78 is 7.54. The Labute approximate surface area is 95.3 Å². The van der Waals surface area contributed by atoms with Gasteiger partial charge in [0.25, 0.3) is 0 Å². The molecule has 2 aromatic rings. The molecule has 16 heavy (non-hydrogen) atoms. The van der Waals surface area contributed by atoms with Crippen LogP contribution >= 0.6 is 0 Å². The average Bonchev–Trinajstić information content (AvgIpc) is 2.84. The Balaban J connectivity index is 2.34. The van der Waals surface area contributed by atoms with Crippen LogP contribution in [0.4, 0.5) is 0 Å². The van der Waals surface area contributed by atoms with Gasteiger partial charge < -0.3 is 9.73 Å². The van der Waals surface area contributed by atoms with Crippen molar-refractivity contribution in [3.8, 4) is 0 Å². The molecule has 0 spiro atoms. The first-order valence-electron chi connectivity index (χ1n) is 5.50. The Morgan fingerprint density at radius 1 is 1.44 bits per heavy atom. The van der Waals surface area contributed by atoms with Crippen molar-refractivity contribution in [3.63, 3.8) is 0 Å². The fourth-order valence-electron chi connectivity index (χ4n) is 1.83. The Morgan fingerprint density at radius 3 is 2.75 bits per heavy atom. The van der Waals surface area contributed by atoms with Gasteiger partial charge in [0.1, 0.15) is 17.6 Å². The van der Waals surface area contributed by atoms with E-state index in [4.69, 9.17) is 4.42 Å². The number of aromatic nitrogens is 2. The van der Waals surface area contributed by atoms with E-state index in [2.05, 4.69) is 17.3 Å². The average molecular weight is 219 g/mol. The minimum absolute atomic E-state index is 0.0752. The van der Waals surface area contributed by atoms with Crippen molar-refractivity contribution >= 4 is 0 Å². The molecule has 0 aliphatic heterocycles. The van der Waals surface area contributed by atoms with E-state index in [0.29, 0.717) is 0 Å². The predicted molar refractivity (Wildman–Crippen MR) is 62.2 cm³/mol. The van der Waals surface area contributed by atoms with Crippen molar-refractivity contribution in [1.82, 2.24) is 15.1 Å². The third-order valence-electron chi connectivity index (χ3n) is 2.61. The second-order valence-electron chi connectivity index (χ2n) is 3.82. The van der Waals surface area contributed by atoms with Gasteiger partial charge in [0.2, 0.25) is 0 Å². The topological polar surface area (TPSA) is 43.0 Å². The SMILES string of the molecule is CCNC(c1ccc(C)o1)c1ccnn1C. The zero-order chi connectivity index (χ0) is 11.5. The van der Waals surface area contributed by atoms with Gasteiger partial charge in [0.05, 0.1) is 5.69 Å². The van der Waals surface area contributed by atoms with Gasteiger partial charge in [0.15, 0.2) is 0 Å². The molecule has 0 bridgehead atoms. The summed E-state index contributed by atoms with van der Waals surface area (Å²) in [6.45, 7) is 4.92. The Morgan fingerprint density at radius 2 is 2.25 bits per heavy atom. The molecule has 1 atom stereocenters. The third kappa shape index (κ3) is 2.02. The second kappa shape index (κ2) is 4.53. The van der Waals surface area contributed by atoms with E-state index < -0.39 is 0 Å². The lowest BCUT2D eigenvalue weighted by Gasteiger charge is -2.15. The van der Waals surface area contributed by atoms with Crippen molar-refractivity contribution in [2.75, 3.05) is 6.54 Å². The van der Waals surface area contributed by atoms with Gasteiger partial charge in [-0.3, -0.25) is 4.68 Å². The van der Waals surface area contributed by atoms with Crippen LogP contribution in [0, 0.1) is 6.92 Å². The normalized spacial score (nSPS) is 12.9. The highest BCUT2D eigenvalue weighted by atomic mass is 16.3. The summed E-state index contributed by atoms with van der Waals surface area (Å²) in [5.41, 5.74) is 1.11. The lowest BCUT2D eigenvalue weighted by Crippen LogP contribution is -2.23. The Bertz CT molecular complexity index is 458. The second-order valence-corrected chi connectivity index (χ2v) is 3.82. The maximum absolute atomic E-state index is 5.67. The molecule has 86 valence electrons. The summed E-state index contributed by atoms with van der Waals surface area (Å²) in [6.07, 6.45) is 1.80. The largest absolute Gasteiger partial charge is 0.464 e. The lowest BCUT2D eigenvalue weighted by molar-refractivity contribution is 0.423. The fraction of sp³-hybridized carbons (Fsp3) is 0.417. The highest BCUT2D eigenvalue weighted by Gasteiger charge is 2.19. The van der Waals surface area contributed by atoms with Gasteiger partial charge in [-0.15, -0.1) is 0 Å². The molecule has 0 saturated carbocycles. The van der Waals surface area contributed by atoms with Crippen LogP contribution in [0.25, 0.3) is 0 Å². The number of rotatable bonds is 4. The van der Waals surface area contributed by atoms with Gasteiger partial charge in [0, 0.05) is 13.2 Å². The van der Waals surface area contributed by atoms with E-state index in [1.54, 1.807) is 6.20 Å². The van der Waals surface area contributed by atoms with E-state index in [-0.39, 0.29) is 6.04 Å². The minimum Gasteiger partial charge on any atom is -0.464 e. The van der Waals surface area contributed by atoms with E-state index in [9.17, 15) is 0 Å². The molecular weight excluding hydrogens is 202 g/mol. The van der Waals surface area contributed by atoms with E-state index in [1.165, 1.54) is 0 Å². The third-order valence-corrected chi connectivity index (χ3v) is 2.61. The van der Waals surface area contributed by atoms with Crippen molar-refractivity contribution in [1.29, 1.82) is 0 Å². The van der Waals surface area contributed by atoms with Gasteiger partial charge in [-0.1, -0.05) is 6.92 Å². The number of nitrogens with one attached hydrogen (secondary N) is 1. The molecule has 0 aliphatic rings. The molecule has 4 nitrogen and oxygen atoms in total. The van der Waals surface area contributed by atoms with E-state index in [1.807, 2.05) is 36.9 Å². The number of furan rings is 1. The molecule has 2 aromatic heterocycles. The lowest BCUT2D eigenvalue weighted by atomic mass is 10.1. The van der Waals surface area contributed by atoms with Crippen molar-refractivity contribution in [3.05, 3.63) is 41.6 Å².